The van der Waals surface area contributed by atoms with E-state index in [9.17, 15) is 8.78 Å². The Balaban J connectivity index is 2.09. The van der Waals surface area contributed by atoms with Gasteiger partial charge in [-0.15, -0.1) is 0 Å². The van der Waals surface area contributed by atoms with Crippen molar-refractivity contribution in [2.75, 3.05) is 0 Å². The molecule has 0 aromatic heterocycles. The molecule has 0 bridgehead atoms. The molecule has 0 unspecified atom stereocenters. The Morgan fingerprint density at radius 2 is 1.24 bits per heavy atom. The monoisotopic (exact) mass is 330 g/mol. The highest BCUT2D eigenvalue weighted by molar-refractivity contribution is 6.06. The fourth-order valence-electron chi connectivity index (χ4n) is 3.37. The smallest absolute Gasteiger partial charge is 0.133 e. The lowest BCUT2D eigenvalue weighted by Crippen LogP contribution is -1.91. The van der Waals surface area contributed by atoms with Crippen molar-refractivity contribution in [1.82, 2.24) is 0 Å². The molecule has 0 heterocycles. The van der Waals surface area contributed by atoms with Gasteiger partial charge in [-0.25, -0.2) is 8.78 Å². The van der Waals surface area contributed by atoms with Gasteiger partial charge in [-0.05, 0) is 52.1 Å². The van der Waals surface area contributed by atoms with Crippen molar-refractivity contribution in [2.45, 2.75) is 6.92 Å². The van der Waals surface area contributed by atoms with Crippen LogP contribution in [0, 0.1) is 18.6 Å². The number of rotatable bonds is 2. The summed E-state index contributed by atoms with van der Waals surface area (Å²) in [6.45, 7) is 2.06. The molecule has 0 saturated heterocycles. The van der Waals surface area contributed by atoms with Gasteiger partial charge in [0, 0.05) is 11.6 Å². The highest BCUT2D eigenvalue weighted by Crippen LogP contribution is 2.38. The average molecular weight is 330 g/mol. The molecule has 0 atom stereocenters. The second-order valence-electron chi connectivity index (χ2n) is 6.15. The van der Waals surface area contributed by atoms with Gasteiger partial charge in [0.25, 0.3) is 0 Å². The highest BCUT2D eigenvalue weighted by atomic mass is 19.1. The maximum Gasteiger partial charge on any atom is 0.133 e. The predicted octanol–water partition coefficient (Wildman–Crippen LogP) is 6.76. The Hall–Kier alpha value is -3.00. The zero-order valence-electron chi connectivity index (χ0n) is 13.8. The van der Waals surface area contributed by atoms with E-state index >= 15 is 0 Å². The van der Waals surface area contributed by atoms with E-state index in [1.807, 2.05) is 42.5 Å². The van der Waals surface area contributed by atoms with Crippen molar-refractivity contribution in [3.63, 3.8) is 0 Å². The first kappa shape index (κ1) is 15.5. The lowest BCUT2D eigenvalue weighted by Gasteiger charge is -2.14. The van der Waals surface area contributed by atoms with Crippen LogP contribution in [0.1, 0.15) is 5.56 Å². The molecule has 0 N–H and O–H groups in total. The molecule has 4 aromatic carbocycles. The van der Waals surface area contributed by atoms with Gasteiger partial charge in [0.2, 0.25) is 0 Å². The van der Waals surface area contributed by atoms with Crippen molar-refractivity contribution in [1.29, 1.82) is 0 Å². The van der Waals surface area contributed by atoms with E-state index in [0.717, 1.165) is 39.1 Å². The van der Waals surface area contributed by atoms with Crippen LogP contribution in [0.3, 0.4) is 0 Å². The summed E-state index contributed by atoms with van der Waals surface area (Å²) >= 11 is 0. The minimum atomic E-state index is -0.569. The molecule has 25 heavy (non-hydrogen) atoms. The second-order valence-corrected chi connectivity index (χ2v) is 6.15. The van der Waals surface area contributed by atoms with E-state index in [1.54, 1.807) is 0 Å². The Bertz CT molecular complexity index is 1080. The van der Waals surface area contributed by atoms with Crippen LogP contribution in [-0.2, 0) is 0 Å². The van der Waals surface area contributed by atoms with E-state index in [2.05, 4.69) is 25.1 Å². The van der Waals surface area contributed by atoms with Gasteiger partial charge in [-0.3, -0.25) is 0 Å². The van der Waals surface area contributed by atoms with Gasteiger partial charge in [0.1, 0.15) is 11.6 Å². The maximum absolute atomic E-state index is 14.4. The summed E-state index contributed by atoms with van der Waals surface area (Å²) in [5.74, 6) is -1.12. The summed E-state index contributed by atoms with van der Waals surface area (Å²) in [5.41, 5.74) is 4.50. The van der Waals surface area contributed by atoms with Crippen LogP contribution < -0.4 is 0 Å². The van der Waals surface area contributed by atoms with Crippen LogP contribution in [0.5, 0.6) is 0 Å². The van der Waals surface area contributed by atoms with Crippen molar-refractivity contribution >= 4 is 10.8 Å². The summed E-state index contributed by atoms with van der Waals surface area (Å²) in [7, 11) is 0. The number of aryl methyl sites for hydroxylation is 1. The van der Waals surface area contributed by atoms with E-state index in [0.29, 0.717) is 5.56 Å². The first-order valence-corrected chi connectivity index (χ1v) is 8.18. The number of halogens is 2. The minimum absolute atomic E-state index is 0.410. The molecule has 122 valence electrons. The SMILES string of the molecule is Cc1ccccc1-c1cccc2cccc(-c3ccc(F)cc3F)c12. The summed E-state index contributed by atoms with van der Waals surface area (Å²) in [6.07, 6.45) is 0. The molecule has 0 nitrogen and oxygen atoms in total. The summed E-state index contributed by atoms with van der Waals surface area (Å²) in [4.78, 5) is 0. The fourth-order valence-corrected chi connectivity index (χ4v) is 3.37. The quantitative estimate of drug-likeness (QED) is 0.381. The first-order chi connectivity index (χ1) is 12.1. The molecule has 4 rings (SSSR count). The van der Waals surface area contributed by atoms with Crippen LogP contribution in [0.2, 0.25) is 0 Å². The second kappa shape index (κ2) is 6.14. The number of fused-ring (bicyclic) bond motifs is 1. The summed E-state index contributed by atoms with van der Waals surface area (Å²) in [5, 5.41) is 2.01. The predicted molar refractivity (Wildman–Crippen MR) is 99.5 cm³/mol. The Labute approximate surface area is 145 Å². The van der Waals surface area contributed by atoms with Crippen molar-refractivity contribution < 1.29 is 8.78 Å². The maximum atomic E-state index is 14.4. The van der Waals surface area contributed by atoms with Gasteiger partial charge in [-0.1, -0.05) is 60.7 Å². The molecule has 0 aliphatic carbocycles. The lowest BCUT2D eigenvalue weighted by molar-refractivity contribution is 0.585. The first-order valence-electron chi connectivity index (χ1n) is 8.18. The van der Waals surface area contributed by atoms with E-state index < -0.39 is 11.6 Å². The molecule has 0 fully saturated rings. The molecule has 0 saturated carbocycles. The van der Waals surface area contributed by atoms with Crippen molar-refractivity contribution in [2.24, 2.45) is 0 Å². The fraction of sp³-hybridized carbons (Fsp3) is 0.0435. The topological polar surface area (TPSA) is 0 Å². The normalized spacial score (nSPS) is 11.0. The van der Waals surface area contributed by atoms with Crippen molar-refractivity contribution in [3.8, 4) is 22.3 Å². The molecule has 0 aliphatic heterocycles. The molecule has 0 radical (unpaired) electrons. The van der Waals surface area contributed by atoms with Gasteiger partial charge in [0.05, 0.1) is 0 Å². The Morgan fingerprint density at radius 1 is 0.600 bits per heavy atom. The molecule has 2 heteroatoms. The van der Waals surface area contributed by atoms with E-state index in [4.69, 9.17) is 0 Å². The molecule has 0 aliphatic rings. The van der Waals surface area contributed by atoms with E-state index in [-0.39, 0.29) is 0 Å². The van der Waals surface area contributed by atoms with Gasteiger partial charge < -0.3 is 0 Å². The number of benzene rings is 4. The van der Waals surface area contributed by atoms with Crippen LogP contribution in [0.15, 0.2) is 78.9 Å². The third-order valence-electron chi connectivity index (χ3n) is 4.56. The van der Waals surface area contributed by atoms with Gasteiger partial charge in [-0.2, -0.15) is 0 Å². The van der Waals surface area contributed by atoms with Gasteiger partial charge in [0.15, 0.2) is 0 Å². The van der Waals surface area contributed by atoms with Crippen LogP contribution in [-0.4, -0.2) is 0 Å². The summed E-state index contributed by atoms with van der Waals surface area (Å²) < 4.78 is 27.8. The van der Waals surface area contributed by atoms with Crippen LogP contribution >= 0.6 is 0 Å². The molecule has 0 spiro atoms. The number of hydrogen-bond acceptors (Lipinski definition) is 0. The zero-order chi connectivity index (χ0) is 17.4. The third-order valence-corrected chi connectivity index (χ3v) is 4.56. The van der Waals surface area contributed by atoms with Gasteiger partial charge >= 0.3 is 0 Å². The zero-order valence-corrected chi connectivity index (χ0v) is 13.8. The van der Waals surface area contributed by atoms with E-state index in [1.165, 1.54) is 12.1 Å². The average Bonchev–Trinajstić information content (AvgIpc) is 2.61. The van der Waals surface area contributed by atoms with Crippen LogP contribution in [0.25, 0.3) is 33.0 Å². The summed E-state index contributed by atoms with van der Waals surface area (Å²) in [6, 6.07) is 23.8. The third kappa shape index (κ3) is 2.70. The standard InChI is InChI=1S/C23H16F2/c1-15-6-2-3-9-18(15)20-10-4-7-16-8-5-11-21(23(16)20)19-13-12-17(24)14-22(19)25/h2-14H,1H3. The molecule has 0 amide bonds. The molecular weight excluding hydrogens is 314 g/mol. The lowest BCUT2D eigenvalue weighted by atomic mass is 9.90. The highest BCUT2D eigenvalue weighted by Gasteiger charge is 2.14. The minimum Gasteiger partial charge on any atom is -0.207 e. The Kier molecular flexibility index (Phi) is 3.81. The van der Waals surface area contributed by atoms with Crippen molar-refractivity contribution in [3.05, 3.63) is 96.1 Å². The molecular formula is C23H16F2. The Morgan fingerprint density at radius 3 is 1.92 bits per heavy atom. The number of hydrogen-bond donors (Lipinski definition) is 0. The molecule has 4 aromatic rings. The largest absolute Gasteiger partial charge is 0.207 e. The van der Waals surface area contributed by atoms with Crippen LogP contribution in [0.4, 0.5) is 8.78 Å².